The van der Waals surface area contributed by atoms with Gasteiger partial charge in [-0.05, 0) is 25.1 Å². The molecule has 0 spiro atoms. The van der Waals surface area contributed by atoms with Crippen molar-refractivity contribution >= 4 is 29.2 Å². The summed E-state index contributed by atoms with van der Waals surface area (Å²) in [4.78, 5) is 14.8. The van der Waals surface area contributed by atoms with E-state index in [1.807, 2.05) is 12.1 Å². The number of nitrogens with zero attached hydrogens (tertiary/aromatic N) is 2. The van der Waals surface area contributed by atoms with Crippen molar-refractivity contribution in [3.05, 3.63) is 46.8 Å². The Bertz CT molecular complexity index is 968. The van der Waals surface area contributed by atoms with Crippen LogP contribution >= 0.6 is 11.8 Å². The van der Waals surface area contributed by atoms with Crippen molar-refractivity contribution in [3.63, 3.8) is 0 Å². The summed E-state index contributed by atoms with van der Waals surface area (Å²) in [6.45, 7) is 1.46. The van der Waals surface area contributed by atoms with Crippen molar-refractivity contribution in [2.75, 3.05) is 11.1 Å². The molecule has 0 fully saturated rings. The van der Waals surface area contributed by atoms with Crippen molar-refractivity contribution in [3.8, 4) is 12.1 Å². The van der Waals surface area contributed by atoms with E-state index in [0.717, 1.165) is 17.8 Å². The van der Waals surface area contributed by atoms with Gasteiger partial charge in [0.25, 0.3) is 5.82 Å². The molecule has 1 heterocycles. The molecule has 0 aliphatic heterocycles. The molecule has 0 saturated heterocycles. The molecule has 1 aromatic heterocycles. The molecule has 2 aromatic rings. The second kappa shape index (κ2) is 7.76. The third kappa shape index (κ3) is 3.87. The molecular weight excluding hydrogens is 367 g/mol. The number of aromatic nitrogens is 1. The van der Waals surface area contributed by atoms with Gasteiger partial charge in [-0.2, -0.15) is 10.5 Å². The molecule has 0 unspecified atom stereocenters. The fourth-order valence-corrected chi connectivity index (χ4v) is 2.82. The lowest BCUT2D eigenvalue weighted by molar-refractivity contribution is -0.410. The van der Waals surface area contributed by atoms with E-state index in [2.05, 4.69) is 10.3 Å². The van der Waals surface area contributed by atoms with Crippen LogP contribution in [-0.4, -0.2) is 11.2 Å². The Kier molecular flexibility index (Phi) is 5.70. The number of hydrogen-bond donors (Lipinski definition) is 2. The van der Waals surface area contributed by atoms with Crippen LogP contribution in [0, 0.1) is 40.1 Å². The molecule has 0 bridgehead atoms. The first-order valence-corrected chi connectivity index (χ1v) is 7.93. The number of carbonyl (C=O) groups is 1. The zero-order valence-electron chi connectivity index (χ0n) is 13.2. The first-order chi connectivity index (χ1) is 12.3. The number of carbonyl (C=O) groups excluding carboxylic acids is 1. The number of pyridine rings is 1. The number of nitrogens with two attached hydrogens (primary N) is 1. The van der Waals surface area contributed by atoms with Gasteiger partial charge in [0.05, 0.1) is 10.9 Å². The lowest BCUT2D eigenvalue weighted by atomic mass is 10.2. The molecule has 2 rings (SSSR count). The summed E-state index contributed by atoms with van der Waals surface area (Å²) in [6.07, 6.45) is 0. The molecule has 6 nitrogen and oxygen atoms in total. The standard InChI is InChI=1S/C16H10F3N5OS/c1-7(15(25)23-11-3-2-10(17)12(18)13(11)19)26-16-9(6-21)4-8(5-20)14(22)24-16/h2-4,7H,1H3,(H2,22,24)(H,23,25)/p+1/t7-/m0/s1. The van der Waals surface area contributed by atoms with Crippen molar-refractivity contribution < 1.29 is 22.9 Å². The second-order valence-corrected chi connectivity index (χ2v) is 6.39. The normalized spacial score (nSPS) is 11.3. The van der Waals surface area contributed by atoms with Crippen LogP contribution in [-0.2, 0) is 4.79 Å². The fraction of sp³-hybridized carbons (Fsp3) is 0.125. The molecule has 10 heteroatoms. The summed E-state index contributed by atoms with van der Waals surface area (Å²) in [5, 5.41) is 19.6. The lowest BCUT2D eigenvalue weighted by Crippen LogP contribution is -2.25. The predicted octanol–water partition coefficient (Wildman–Crippen LogP) is 2.36. The Balaban J connectivity index is 2.21. The minimum Gasteiger partial charge on any atom is -0.323 e. The van der Waals surface area contributed by atoms with E-state index in [1.54, 1.807) is 0 Å². The Morgan fingerprint density at radius 3 is 2.50 bits per heavy atom. The third-order valence-electron chi connectivity index (χ3n) is 3.27. The average molecular weight is 378 g/mol. The molecule has 0 saturated carbocycles. The second-order valence-electron chi connectivity index (χ2n) is 5.04. The molecule has 0 aliphatic carbocycles. The highest BCUT2D eigenvalue weighted by molar-refractivity contribution is 8.00. The lowest BCUT2D eigenvalue weighted by Gasteiger charge is -2.12. The summed E-state index contributed by atoms with van der Waals surface area (Å²) in [7, 11) is 0. The summed E-state index contributed by atoms with van der Waals surface area (Å²) in [6, 6.07) is 6.55. The number of H-pyrrole nitrogens is 1. The number of rotatable bonds is 4. The maximum absolute atomic E-state index is 13.6. The van der Waals surface area contributed by atoms with E-state index in [9.17, 15) is 18.0 Å². The number of hydrogen-bond acceptors (Lipinski definition) is 5. The van der Waals surface area contributed by atoms with Gasteiger partial charge in [-0.1, -0.05) is 11.8 Å². The van der Waals surface area contributed by atoms with Gasteiger partial charge in [-0.25, -0.2) is 18.2 Å². The van der Waals surface area contributed by atoms with Crippen LogP contribution < -0.4 is 16.0 Å². The minimum atomic E-state index is -1.69. The third-order valence-corrected chi connectivity index (χ3v) is 4.39. The van der Waals surface area contributed by atoms with E-state index in [4.69, 9.17) is 16.3 Å². The average Bonchev–Trinajstić information content (AvgIpc) is 2.62. The summed E-state index contributed by atoms with van der Waals surface area (Å²) < 4.78 is 39.8. The highest BCUT2D eigenvalue weighted by Crippen LogP contribution is 2.26. The van der Waals surface area contributed by atoms with E-state index in [0.29, 0.717) is 6.07 Å². The highest BCUT2D eigenvalue weighted by Gasteiger charge is 2.23. The molecule has 26 heavy (non-hydrogen) atoms. The maximum Gasteiger partial charge on any atom is 0.289 e. The number of nitriles is 2. The first-order valence-electron chi connectivity index (χ1n) is 7.05. The number of benzene rings is 1. The van der Waals surface area contributed by atoms with E-state index in [-0.39, 0.29) is 22.0 Å². The van der Waals surface area contributed by atoms with Crippen LogP contribution in [0.1, 0.15) is 18.1 Å². The van der Waals surface area contributed by atoms with Crippen LogP contribution in [0.3, 0.4) is 0 Å². The maximum atomic E-state index is 13.6. The molecular formula is C16H11F3N5OS+. The summed E-state index contributed by atoms with van der Waals surface area (Å²) in [5.74, 6) is -5.26. The Labute approximate surface area is 150 Å². The number of nitrogens with one attached hydrogen (secondary N) is 2. The predicted molar refractivity (Wildman–Crippen MR) is 87.1 cm³/mol. The van der Waals surface area contributed by atoms with Gasteiger partial charge in [-0.3, -0.25) is 10.5 Å². The Hall–Kier alpha value is -3.24. The number of nitrogen functional groups attached to an aromatic ring is 1. The van der Waals surface area contributed by atoms with Gasteiger partial charge in [0.2, 0.25) is 5.91 Å². The minimum absolute atomic E-state index is 0.0215. The van der Waals surface area contributed by atoms with Crippen LogP contribution in [0.15, 0.2) is 23.2 Å². The molecule has 0 radical (unpaired) electrons. The van der Waals surface area contributed by atoms with E-state index < -0.39 is 34.3 Å². The largest absolute Gasteiger partial charge is 0.323 e. The molecule has 1 amide bonds. The fourth-order valence-electron chi connectivity index (χ4n) is 1.90. The van der Waals surface area contributed by atoms with Gasteiger partial charge in [-0.15, -0.1) is 0 Å². The van der Waals surface area contributed by atoms with Gasteiger partial charge in [0, 0.05) is 0 Å². The van der Waals surface area contributed by atoms with Crippen molar-refractivity contribution in [1.82, 2.24) is 0 Å². The van der Waals surface area contributed by atoms with Gasteiger partial charge in [0.1, 0.15) is 23.3 Å². The smallest absolute Gasteiger partial charge is 0.289 e. The number of halogens is 3. The van der Waals surface area contributed by atoms with E-state index >= 15 is 0 Å². The zero-order chi connectivity index (χ0) is 19.4. The van der Waals surface area contributed by atoms with Crippen LogP contribution in [0.5, 0.6) is 0 Å². The van der Waals surface area contributed by atoms with Crippen molar-refractivity contribution in [2.24, 2.45) is 0 Å². The van der Waals surface area contributed by atoms with Gasteiger partial charge >= 0.3 is 0 Å². The van der Waals surface area contributed by atoms with Crippen molar-refractivity contribution in [1.29, 1.82) is 10.5 Å². The summed E-state index contributed by atoms with van der Waals surface area (Å²) in [5.41, 5.74) is 5.32. The molecule has 1 aromatic carbocycles. The first kappa shape index (κ1) is 19.1. The summed E-state index contributed by atoms with van der Waals surface area (Å²) >= 11 is 0.899. The molecule has 4 N–H and O–H groups in total. The number of anilines is 2. The zero-order valence-corrected chi connectivity index (χ0v) is 14.0. The van der Waals surface area contributed by atoms with Crippen LogP contribution in [0.2, 0.25) is 0 Å². The molecule has 1 atom stereocenters. The molecule has 0 aliphatic rings. The number of thioether (sulfide) groups is 1. The van der Waals surface area contributed by atoms with Gasteiger partial charge in [0.15, 0.2) is 22.5 Å². The quantitative estimate of drug-likeness (QED) is 0.626. The monoisotopic (exact) mass is 378 g/mol. The van der Waals surface area contributed by atoms with Crippen LogP contribution in [0.25, 0.3) is 0 Å². The van der Waals surface area contributed by atoms with E-state index in [1.165, 1.54) is 13.0 Å². The number of aromatic amines is 1. The Morgan fingerprint density at radius 1 is 1.23 bits per heavy atom. The highest BCUT2D eigenvalue weighted by atomic mass is 32.2. The topological polar surface area (TPSA) is 117 Å². The van der Waals surface area contributed by atoms with Crippen LogP contribution in [0.4, 0.5) is 24.7 Å². The SMILES string of the molecule is C[C@H](Sc1[nH+]c(N)c(C#N)cc1C#N)C(=O)Nc1ccc(F)c(F)c1F. The molecule has 132 valence electrons. The number of amides is 1. The van der Waals surface area contributed by atoms with Crippen molar-refractivity contribution in [2.45, 2.75) is 17.2 Å². The Morgan fingerprint density at radius 2 is 1.88 bits per heavy atom. The van der Waals surface area contributed by atoms with Gasteiger partial charge < -0.3 is 5.32 Å².